The van der Waals surface area contributed by atoms with Gasteiger partial charge in [0.1, 0.15) is 29.2 Å². The third kappa shape index (κ3) is 15.0. The Bertz CT molecular complexity index is 1360. The van der Waals surface area contributed by atoms with Crippen LogP contribution in [0.15, 0.2) is 51.4 Å². The van der Waals surface area contributed by atoms with Gasteiger partial charge in [-0.15, -0.1) is 0 Å². The van der Waals surface area contributed by atoms with E-state index < -0.39 is 48.0 Å². The van der Waals surface area contributed by atoms with Gasteiger partial charge in [0.05, 0.1) is 19.1 Å². The van der Waals surface area contributed by atoms with Gasteiger partial charge in [-0.1, -0.05) is 48.0 Å². The number of amidine groups is 3. The molecule has 266 valence electrons. The van der Waals surface area contributed by atoms with E-state index in [1.165, 1.54) is 0 Å². The van der Waals surface area contributed by atoms with E-state index in [9.17, 15) is 22.8 Å². The van der Waals surface area contributed by atoms with Gasteiger partial charge in [-0.2, -0.15) is 18.2 Å². The van der Waals surface area contributed by atoms with Crippen LogP contribution in [0.5, 0.6) is 5.75 Å². The summed E-state index contributed by atoms with van der Waals surface area (Å²) < 4.78 is 54.4. The van der Waals surface area contributed by atoms with E-state index in [0.717, 1.165) is 23.1 Å². The van der Waals surface area contributed by atoms with E-state index in [-0.39, 0.29) is 18.9 Å². The van der Waals surface area contributed by atoms with E-state index in [0.29, 0.717) is 37.9 Å². The van der Waals surface area contributed by atoms with Crippen molar-refractivity contribution in [1.29, 1.82) is 0 Å². The molecule has 12 nitrogen and oxygen atoms in total. The lowest BCUT2D eigenvalue weighted by Gasteiger charge is -2.27. The lowest BCUT2D eigenvalue weighted by molar-refractivity contribution is -0.156. The number of aliphatic imine (C=N–C) groups is 3. The van der Waals surface area contributed by atoms with Crippen LogP contribution in [0.2, 0.25) is 0 Å². The molecule has 0 spiro atoms. The number of hydrogen-bond donors (Lipinski definition) is 4. The Kier molecular flexibility index (Phi) is 14.3. The summed E-state index contributed by atoms with van der Waals surface area (Å²) in [5, 5.41) is 12.7. The molecule has 48 heavy (non-hydrogen) atoms. The first-order valence-corrected chi connectivity index (χ1v) is 16.7. The molecule has 0 saturated heterocycles. The number of hydrogen-bond acceptors (Lipinski definition) is 10. The zero-order chi connectivity index (χ0) is 35.4. The van der Waals surface area contributed by atoms with Crippen LogP contribution in [0.4, 0.5) is 18.0 Å². The maximum atomic E-state index is 12.9. The van der Waals surface area contributed by atoms with Crippen molar-refractivity contribution >= 4 is 45.6 Å². The number of dihydropyridines is 1. The van der Waals surface area contributed by atoms with Crippen LogP contribution in [0.1, 0.15) is 53.0 Å². The summed E-state index contributed by atoms with van der Waals surface area (Å²) in [6, 6.07) is 7.10. The van der Waals surface area contributed by atoms with Crippen molar-refractivity contribution in [2.24, 2.45) is 26.3 Å². The smallest absolute Gasteiger partial charge is 0.422 e. The summed E-state index contributed by atoms with van der Waals surface area (Å²) in [5.74, 6) is 0.689. The number of carbonyl (C=O) groups is 2. The molecule has 4 N–H and O–H groups in total. The molecule has 0 aliphatic carbocycles. The van der Waals surface area contributed by atoms with E-state index in [1.54, 1.807) is 32.9 Å². The van der Waals surface area contributed by atoms with Crippen LogP contribution in [0.25, 0.3) is 0 Å². The van der Waals surface area contributed by atoms with Gasteiger partial charge < -0.3 is 30.2 Å². The molecule has 2 aliphatic rings. The molecule has 2 heterocycles. The van der Waals surface area contributed by atoms with Gasteiger partial charge in [-0.05, 0) is 56.4 Å². The van der Waals surface area contributed by atoms with Gasteiger partial charge in [0.2, 0.25) is 5.91 Å². The maximum absolute atomic E-state index is 12.9. The van der Waals surface area contributed by atoms with E-state index in [4.69, 9.17) is 14.2 Å². The molecule has 2 amide bonds. The summed E-state index contributed by atoms with van der Waals surface area (Å²) in [4.78, 5) is 37.6. The predicted octanol–water partition coefficient (Wildman–Crippen LogP) is 4.84. The lowest BCUT2D eigenvalue weighted by atomic mass is 9.93. The second kappa shape index (κ2) is 17.7. The van der Waals surface area contributed by atoms with E-state index in [2.05, 4.69) is 52.2 Å². The topological polar surface area (TPSA) is 147 Å². The molecule has 1 aromatic rings. The molecule has 2 atom stereocenters. The molecule has 0 fully saturated rings. The Labute approximate surface area is 287 Å². The molecule has 0 radical (unpaired) electrons. The van der Waals surface area contributed by atoms with Crippen LogP contribution in [0.3, 0.4) is 0 Å². The minimum absolute atomic E-state index is 0.150. The summed E-state index contributed by atoms with van der Waals surface area (Å²) in [5.41, 5.74) is -0.124. The highest BCUT2D eigenvalue weighted by Crippen LogP contribution is 2.18. The quantitative estimate of drug-likeness (QED) is 0.167. The van der Waals surface area contributed by atoms with Crippen molar-refractivity contribution < 1.29 is 37.0 Å². The highest BCUT2D eigenvalue weighted by molar-refractivity contribution is 9.09. The van der Waals surface area contributed by atoms with Crippen LogP contribution >= 0.6 is 15.9 Å². The minimum Gasteiger partial charge on any atom is -0.494 e. The second-order valence-corrected chi connectivity index (χ2v) is 13.9. The van der Waals surface area contributed by atoms with Gasteiger partial charge in [-0.3, -0.25) is 15.1 Å². The van der Waals surface area contributed by atoms with Crippen molar-refractivity contribution in [2.45, 2.75) is 71.9 Å². The van der Waals surface area contributed by atoms with E-state index in [1.807, 2.05) is 38.1 Å². The first-order valence-electron chi connectivity index (χ1n) is 15.6. The van der Waals surface area contributed by atoms with Gasteiger partial charge in [0.15, 0.2) is 6.61 Å². The third-order valence-electron chi connectivity index (χ3n) is 6.67. The number of carbonyl (C=O) groups excluding carboxylic acids is 2. The van der Waals surface area contributed by atoms with Gasteiger partial charge in [-0.25, -0.2) is 9.79 Å². The zero-order valence-electron chi connectivity index (χ0n) is 27.9. The first-order chi connectivity index (χ1) is 22.5. The normalized spacial score (nSPS) is 18.2. The fraction of sp³-hybridized carbons (Fsp3) is 0.594. The molecule has 2 aliphatic heterocycles. The molecule has 16 heteroatoms. The standard InChI is InChI=1S/C32H45BrF3N7O5/c1-30(2,3)48-29(45)40-19-31(4,5)18-39-27(44)22-9-12-24(38-17-22)41-26-15-25(42-28(43-26)47-20-32(34,35)36)37-16-21-7-10-23(11-8-21)46-14-6-13-33/h7-12,22,25,37H,6,13-20H2,1-5H3,(H,39,44)(H,40,45)(H,38,41,42,43). The fourth-order valence-electron chi connectivity index (χ4n) is 4.21. The highest BCUT2D eigenvalue weighted by atomic mass is 79.9. The minimum atomic E-state index is -4.56. The summed E-state index contributed by atoms with van der Waals surface area (Å²) in [6.07, 6.45) is -1.28. The maximum Gasteiger partial charge on any atom is 0.422 e. The third-order valence-corrected chi connectivity index (χ3v) is 7.23. The molecule has 1 aromatic carbocycles. The van der Waals surface area contributed by atoms with Crippen LogP contribution in [-0.2, 0) is 20.8 Å². The molecular formula is C32H45BrF3N7O5. The van der Waals surface area contributed by atoms with E-state index >= 15 is 0 Å². The molecule has 2 unspecified atom stereocenters. The Balaban J connectivity index is 1.52. The van der Waals surface area contributed by atoms with Crippen LogP contribution < -0.4 is 26.0 Å². The van der Waals surface area contributed by atoms with Crippen molar-refractivity contribution in [1.82, 2.24) is 21.3 Å². The summed E-state index contributed by atoms with van der Waals surface area (Å²) in [7, 11) is 0. The van der Waals surface area contributed by atoms with Crippen LogP contribution in [-0.4, -0.2) is 85.8 Å². The van der Waals surface area contributed by atoms with Gasteiger partial charge in [0.25, 0.3) is 0 Å². The number of nitrogens with zero attached hydrogens (tertiary/aromatic N) is 3. The van der Waals surface area contributed by atoms with Crippen LogP contribution in [0, 0.1) is 11.3 Å². The summed E-state index contributed by atoms with van der Waals surface area (Å²) >= 11 is 3.37. The van der Waals surface area contributed by atoms with Crippen molar-refractivity contribution in [2.75, 3.05) is 38.2 Å². The first kappa shape index (κ1) is 38.8. The summed E-state index contributed by atoms with van der Waals surface area (Å²) in [6.45, 7) is 9.36. The molecule has 3 rings (SSSR count). The van der Waals surface area contributed by atoms with Gasteiger partial charge >= 0.3 is 18.3 Å². The molecule has 0 bridgehead atoms. The number of ether oxygens (including phenoxy) is 3. The molecule has 0 saturated carbocycles. The zero-order valence-corrected chi connectivity index (χ0v) is 29.5. The number of rotatable bonds is 13. The Morgan fingerprint density at radius 1 is 1.02 bits per heavy atom. The van der Waals surface area contributed by atoms with Crippen molar-refractivity contribution in [3.63, 3.8) is 0 Å². The Hall–Kier alpha value is -3.66. The number of benzene rings is 1. The number of amides is 2. The average molecular weight is 745 g/mol. The monoisotopic (exact) mass is 743 g/mol. The second-order valence-electron chi connectivity index (χ2n) is 13.1. The number of alkyl halides is 4. The van der Waals surface area contributed by atoms with Gasteiger partial charge in [0, 0.05) is 31.4 Å². The lowest BCUT2D eigenvalue weighted by Crippen LogP contribution is -2.45. The van der Waals surface area contributed by atoms with Crippen molar-refractivity contribution in [3.05, 3.63) is 42.0 Å². The molecule has 0 aromatic heterocycles. The van der Waals surface area contributed by atoms with Crippen molar-refractivity contribution in [3.8, 4) is 5.75 Å². The Morgan fingerprint density at radius 2 is 1.73 bits per heavy atom. The fourth-order valence-corrected chi connectivity index (χ4v) is 4.44. The Morgan fingerprint density at radius 3 is 2.35 bits per heavy atom. The number of halogens is 4. The predicted molar refractivity (Wildman–Crippen MR) is 182 cm³/mol. The number of alkyl carbamates (subject to hydrolysis) is 1. The number of nitrogens with one attached hydrogen (secondary N) is 4. The molecular weight excluding hydrogens is 699 g/mol. The highest BCUT2D eigenvalue weighted by Gasteiger charge is 2.31. The SMILES string of the molecule is CC(C)(CNC(=O)OC(C)(C)C)CNC(=O)C1C=CC(NC2=NC(OCC(F)(F)F)=NC(NCc3ccc(OCCCBr)cc3)C2)=NC1. The largest absolute Gasteiger partial charge is 0.494 e. The average Bonchev–Trinajstić information content (AvgIpc) is 3.01.